The van der Waals surface area contributed by atoms with E-state index in [9.17, 15) is 24.3 Å². The van der Waals surface area contributed by atoms with Crippen molar-refractivity contribution in [3.8, 4) is 5.75 Å². The summed E-state index contributed by atoms with van der Waals surface area (Å²) in [6, 6.07) is 10.7. The number of carbonyl (C=O) groups is 2. The molecule has 0 saturated heterocycles. The molecule has 1 amide bonds. The maximum absolute atomic E-state index is 13.6. The fourth-order valence-electron chi connectivity index (χ4n) is 3.94. The summed E-state index contributed by atoms with van der Waals surface area (Å²) in [5.41, 5.74) is -0.315. The van der Waals surface area contributed by atoms with Gasteiger partial charge in [-0.3, -0.25) is 4.57 Å². The van der Waals surface area contributed by atoms with Crippen LogP contribution in [0.5, 0.6) is 5.75 Å². The van der Waals surface area contributed by atoms with Gasteiger partial charge in [0.2, 0.25) is 5.95 Å². The molecule has 3 N–H and O–H groups in total. The largest absolute Gasteiger partial charge is 0.491 e. The number of anilines is 2. The van der Waals surface area contributed by atoms with Gasteiger partial charge in [0.15, 0.2) is 0 Å². The first-order valence-corrected chi connectivity index (χ1v) is 13.7. The highest BCUT2D eigenvalue weighted by Gasteiger charge is 2.25. The number of hydrogen-bond acceptors (Lipinski definition) is 8. The maximum atomic E-state index is 13.6. The van der Waals surface area contributed by atoms with Crippen molar-refractivity contribution < 1.29 is 24.2 Å². The maximum Gasteiger partial charge on any atom is 0.408 e. The minimum absolute atomic E-state index is 0.00482. The number of carboxylic acid groups (broad SMARTS) is 1. The average molecular weight is 602 g/mol. The van der Waals surface area contributed by atoms with Crippen LogP contribution in [0.4, 0.5) is 16.4 Å². The number of aryl methyl sites for hydroxylation is 1. The molecule has 42 heavy (non-hydrogen) atoms. The summed E-state index contributed by atoms with van der Waals surface area (Å²) in [5, 5.41) is 15.5. The van der Waals surface area contributed by atoms with E-state index in [1.807, 2.05) is 26.8 Å². The van der Waals surface area contributed by atoms with Gasteiger partial charge < -0.3 is 25.2 Å². The molecule has 12 nitrogen and oxygen atoms in total. The minimum Gasteiger partial charge on any atom is -0.491 e. The zero-order valence-corrected chi connectivity index (χ0v) is 25.2. The summed E-state index contributed by atoms with van der Waals surface area (Å²) >= 11 is 6.02. The number of carboxylic acids is 1. The van der Waals surface area contributed by atoms with Crippen LogP contribution in [0.3, 0.4) is 0 Å². The highest BCUT2D eigenvalue weighted by atomic mass is 35.5. The lowest BCUT2D eigenvalue weighted by Crippen LogP contribution is -2.47. The molecule has 0 saturated carbocycles. The molecular weight excluding hydrogens is 566 g/mol. The molecule has 0 radical (unpaired) electrons. The van der Waals surface area contributed by atoms with Gasteiger partial charge in [-0.05, 0) is 89.4 Å². The van der Waals surface area contributed by atoms with E-state index in [4.69, 9.17) is 21.1 Å². The quantitative estimate of drug-likeness (QED) is 0.291. The predicted octanol–water partition coefficient (Wildman–Crippen LogP) is 4.31. The van der Waals surface area contributed by atoms with Crippen molar-refractivity contribution in [3.63, 3.8) is 0 Å². The normalized spacial score (nSPS) is 12.1. The predicted molar refractivity (Wildman–Crippen MR) is 159 cm³/mol. The van der Waals surface area contributed by atoms with E-state index in [-0.39, 0.29) is 31.6 Å². The van der Waals surface area contributed by atoms with Gasteiger partial charge in [-0.1, -0.05) is 23.7 Å². The second-order valence-corrected chi connectivity index (χ2v) is 11.4. The van der Waals surface area contributed by atoms with Crippen LogP contribution >= 0.6 is 11.6 Å². The van der Waals surface area contributed by atoms with E-state index in [1.54, 1.807) is 57.2 Å². The van der Waals surface area contributed by atoms with Crippen LogP contribution in [0.1, 0.15) is 52.2 Å². The Balaban J connectivity index is 1.96. The third-order valence-electron chi connectivity index (χ3n) is 5.83. The van der Waals surface area contributed by atoms with Gasteiger partial charge in [-0.2, -0.15) is 4.98 Å². The number of nitrogens with zero attached hydrogens (tertiary/aromatic N) is 3. The Morgan fingerprint density at radius 1 is 1.07 bits per heavy atom. The molecular formula is C29H36ClN5O7. The van der Waals surface area contributed by atoms with Gasteiger partial charge in [0, 0.05) is 17.3 Å². The van der Waals surface area contributed by atoms with Gasteiger partial charge in [0.05, 0.1) is 12.6 Å². The van der Waals surface area contributed by atoms with E-state index < -0.39 is 35.1 Å². The van der Waals surface area contributed by atoms with E-state index >= 15 is 0 Å². The molecule has 2 aromatic carbocycles. The summed E-state index contributed by atoms with van der Waals surface area (Å²) in [6.07, 6.45) is -1.21. The van der Waals surface area contributed by atoms with Crippen LogP contribution in [0.25, 0.3) is 0 Å². The number of aromatic nitrogens is 3. The van der Waals surface area contributed by atoms with Crippen LogP contribution in [0, 0.1) is 6.92 Å². The zero-order valence-electron chi connectivity index (χ0n) is 24.4. The third kappa shape index (κ3) is 9.10. The number of benzene rings is 2. The molecule has 0 spiro atoms. The highest BCUT2D eigenvalue weighted by molar-refractivity contribution is 6.30. The number of halogens is 1. The summed E-state index contributed by atoms with van der Waals surface area (Å²) in [4.78, 5) is 54.8. The Labute approximate surface area is 248 Å². The van der Waals surface area contributed by atoms with Gasteiger partial charge in [0.1, 0.15) is 17.4 Å². The average Bonchev–Trinajstić information content (AvgIpc) is 2.86. The van der Waals surface area contributed by atoms with Crippen molar-refractivity contribution in [1.82, 2.24) is 19.4 Å². The number of rotatable bonds is 11. The zero-order chi connectivity index (χ0) is 31.2. The van der Waals surface area contributed by atoms with Crippen molar-refractivity contribution in [1.29, 1.82) is 0 Å². The number of aliphatic carboxylic acids is 1. The molecule has 0 fully saturated rings. The third-order valence-corrected chi connectivity index (χ3v) is 6.08. The first kappa shape index (κ1) is 32.2. The standard InChI is InChI=1S/C29H36ClN5O7/c1-17(2)41-23-12-11-21(15-18(23)3)31-25-33-26(38)34(28(40)35(25)16-19-7-9-20(30)10-8-19)14-13-22(24(36)37)32-27(39)42-29(4,5)6/h7-12,15,17,22H,13-14,16H2,1-6H3,(H,32,39)(H,36,37)(H,31,33,38). The Bertz CT molecular complexity index is 1540. The van der Waals surface area contributed by atoms with Gasteiger partial charge in [0.25, 0.3) is 0 Å². The number of hydrogen-bond donors (Lipinski definition) is 3. The molecule has 0 aliphatic heterocycles. The summed E-state index contributed by atoms with van der Waals surface area (Å²) < 4.78 is 13.0. The number of alkyl carbamates (subject to hydrolysis) is 1. The van der Waals surface area contributed by atoms with Crippen molar-refractivity contribution in [2.24, 2.45) is 0 Å². The molecule has 3 rings (SSSR count). The van der Waals surface area contributed by atoms with Crippen LogP contribution in [-0.2, 0) is 22.6 Å². The second kappa shape index (κ2) is 13.6. The number of nitrogens with one attached hydrogen (secondary N) is 2. The van der Waals surface area contributed by atoms with Gasteiger partial charge in [-0.25, -0.2) is 23.7 Å². The van der Waals surface area contributed by atoms with Crippen molar-refractivity contribution in [2.45, 2.75) is 78.8 Å². The summed E-state index contributed by atoms with van der Waals surface area (Å²) in [5.74, 6) is -0.651. The van der Waals surface area contributed by atoms with Gasteiger partial charge in [-0.15, -0.1) is 0 Å². The molecule has 3 aromatic rings. The molecule has 1 atom stereocenters. The van der Waals surface area contributed by atoms with E-state index in [0.717, 1.165) is 10.1 Å². The fourth-order valence-corrected chi connectivity index (χ4v) is 4.06. The number of carbonyl (C=O) groups excluding carboxylic acids is 1. The first-order valence-electron chi connectivity index (χ1n) is 13.4. The first-order chi connectivity index (χ1) is 19.6. The second-order valence-electron chi connectivity index (χ2n) is 11.0. The fraction of sp³-hybridized carbons (Fsp3) is 0.414. The lowest BCUT2D eigenvalue weighted by Gasteiger charge is -2.22. The molecule has 1 aromatic heterocycles. The Kier molecular flexibility index (Phi) is 10.4. The Morgan fingerprint density at radius 3 is 2.31 bits per heavy atom. The topological polar surface area (TPSA) is 154 Å². The van der Waals surface area contributed by atoms with Crippen LogP contribution in [-0.4, -0.2) is 49.0 Å². The number of ether oxygens (including phenoxy) is 2. The number of amides is 1. The molecule has 226 valence electrons. The monoisotopic (exact) mass is 601 g/mol. The summed E-state index contributed by atoms with van der Waals surface area (Å²) in [6.45, 7) is 10.4. The van der Waals surface area contributed by atoms with Crippen LogP contribution in [0.2, 0.25) is 5.02 Å². The highest BCUT2D eigenvalue weighted by Crippen LogP contribution is 2.24. The Morgan fingerprint density at radius 2 is 1.74 bits per heavy atom. The molecule has 1 heterocycles. The van der Waals surface area contributed by atoms with Crippen LogP contribution in [0.15, 0.2) is 52.1 Å². The van der Waals surface area contributed by atoms with Crippen molar-refractivity contribution in [3.05, 3.63) is 79.6 Å². The summed E-state index contributed by atoms with van der Waals surface area (Å²) in [7, 11) is 0. The molecule has 0 aliphatic rings. The SMILES string of the molecule is Cc1cc(Nc2nc(=O)n(CCC(NC(=O)OC(C)(C)C)C(=O)O)c(=O)n2Cc2ccc(Cl)cc2)ccc1OC(C)C. The lowest BCUT2D eigenvalue weighted by atomic mass is 10.2. The van der Waals surface area contributed by atoms with E-state index in [2.05, 4.69) is 15.6 Å². The minimum atomic E-state index is -1.41. The van der Waals surface area contributed by atoms with E-state index in [0.29, 0.717) is 22.0 Å². The van der Waals surface area contributed by atoms with Crippen molar-refractivity contribution >= 4 is 35.3 Å². The molecule has 1 unspecified atom stereocenters. The molecule has 0 aliphatic carbocycles. The molecule has 0 bridgehead atoms. The smallest absolute Gasteiger partial charge is 0.408 e. The van der Waals surface area contributed by atoms with Gasteiger partial charge >= 0.3 is 23.4 Å². The van der Waals surface area contributed by atoms with E-state index in [1.165, 1.54) is 4.57 Å². The van der Waals surface area contributed by atoms with Crippen molar-refractivity contribution in [2.75, 3.05) is 5.32 Å². The van der Waals surface area contributed by atoms with Crippen LogP contribution < -0.4 is 26.7 Å². The molecule has 13 heteroatoms. The Hall–Kier alpha value is -4.32. The lowest BCUT2D eigenvalue weighted by molar-refractivity contribution is -0.139.